The van der Waals surface area contributed by atoms with Gasteiger partial charge in [0.15, 0.2) is 0 Å². The van der Waals surface area contributed by atoms with Crippen molar-refractivity contribution in [3.05, 3.63) is 101 Å². The van der Waals surface area contributed by atoms with Crippen molar-refractivity contribution in [2.45, 2.75) is 20.0 Å². The average Bonchev–Trinajstić information content (AvgIpc) is 2.75. The molecule has 0 aromatic heterocycles. The molecule has 0 saturated heterocycles. The summed E-state index contributed by atoms with van der Waals surface area (Å²) in [5, 5.41) is 9.06. The summed E-state index contributed by atoms with van der Waals surface area (Å²) in [6.45, 7) is 3.39. The highest BCUT2D eigenvalue weighted by Gasteiger charge is 2.12. The minimum Gasteiger partial charge on any atom is -0.496 e. The van der Waals surface area contributed by atoms with Crippen LogP contribution in [0.3, 0.4) is 0 Å². The molecule has 0 aliphatic heterocycles. The lowest BCUT2D eigenvalue weighted by Gasteiger charge is -2.26. The van der Waals surface area contributed by atoms with E-state index in [9.17, 15) is 0 Å². The molecular weight excluding hydrogens is 344 g/mol. The summed E-state index contributed by atoms with van der Waals surface area (Å²) in [5.41, 5.74) is 5.14. The number of rotatable bonds is 7. The molecular formula is C25H24N2O. The van der Waals surface area contributed by atoms with E-state index in [-0.39, 0.29) is 0 Å². The highest BCUT2D eigenvalue weighted by atomic mass is 16.5. The van der Waals surface area contributed by atoms with Crippen molar-refractivity contribution in [2.75, 3.05) is 12.0 Å². The normalized spacial score (nSPS) is 11.0. The number of nitriles is 1. The smallest absolute Gasteiger partial charge is 0.128 e. The van der Waals surface area contributed by atoms with Gasteiger partial charge < -0.3 is 9.64 Å². The highest BCUT2D eigenvalue weighted by molar-refractivity contribution is 5.66. The lowest BCUT2D eigenvalue weighted by Crippen LogP contribution is -2.22. The fourth-order valence-electron chi connectivity index (χ4n) is 3.13. The minimum absolute atomic E-state index is 0.650. The maximum absolute atomic E-state index is 9.06. The zero-order chi connectivity index (χ0) is 19.8. The van der Waals surface area contributed by atoms with E-state index in [1.54, 1.807) is 14.0 Å². The summed E-state index contributed by atoms with van der Waals surface area (Å²) in [6.07, 6.45) is 1.85. The molecule has 0 spiro atoms. The predicted molar refractivity (Wildman–Crippen MR) is 115 cm³/mol. The van der Waals surface area contributed by atoms with Crippen LogP contribution in [-0.4, -0.2) is 7.11 Å². The summed E-state index contributed by atoms with van der Waals surface area (Å²) >= 11 is 0. The van der Waals surface area contributed by atoms with E-state index in [2.05, 4.69) is 65.6 Å². The number of ether oxygens (including phenoxy) is 1. The van der Waals surface area contributed by atoms with Gasteiger partial charge >= 0.3 is 0 Å². The molecule has 0 N–H and O–H groups in total. The van der Waals surface area contributed by atoms with E-state index < -0.39 is 0 Å². The Labute approximate surface area is 167 Å². The monoisotopic (exact) mass is 368 g/mol. The minimum atomic E-state index is 0.650. The van der Waals surface area contributed by atoms with Gasteiger partial charge in [0, 0.05) is 36.0 Å². The first-order chi connectivity index (χ1) is 13.7. The van der Waals surface area contributed by atoms with Gasteiger partial charge in [-0.2, -0.15) is 5.26 Å². The average molecular weight is 368 g/mol. The fourth-order valence-corrected chi connectivity index (χ4v) is 3.13. The zero-order valence-electron chi connectivity index (χ0n) is 16.3. The first-order valence-electron chi connectivity index (χ1n) is 9.29. The third-order valence-electron chi connectivity index (χ3n) is 4.56. The molecule has 0 saturated carbocycles. The molecule has 3 rings (SSSR count). The molecule has 0 radical (unpaired) electrons. The van der Waals surface area contributed by atoms with Crippen LogP contribution in [-0.2, 0) is 13.1 Å². The van der Waals surface area contributed by atoms with E-state index in [0.717, 1.165) is 30.1 Å². The Bertz CT molecular complexity index is 931. The Hall–Kier alpha value is -3.51. The van der Waals surface area contributed by atoms with Gasteiger partial charge in [0.05, 0.1) is 13.2 Å². The van der Waals surface area contributed by atoms with Crippen LogP contribution in [0.15, 0.2) is 84.4 Å². The van der Waals surface area contributed by atoms with Crippen LogP contribution < -0.4 is 9.64 Å². The molecule has 140 valence electrons. The summed E-state index contributed by atoms with van der Waals surface area (Å²) in [7, 11) is 1.66. The molecule has 0 aliphatic rings. The Morgan fingerprint density at radius 3 is 2.00 bits per heavy atom. The van der Waals surface area contributed by atoms with Gasteiger partial charge in [-0.25, -0.2) is 0 Å². The summed E-state index contributed by atoms with van der Waals surface area (Å²) < 4.78 is 5.60. The molecule has 3 aromatic carbocycles. The molecule has 0 aliphatic carbocycles. The Balaban J connectivity index is 1.96. The number of anilines is 1. The first kappa shape index (κ1) is 19.3. The van der Waals surface area contributed by atoms with Gasteiger partial charge in [-0.15, -0.1) is 0 Å². The summed E-state index contributed by atoms with van der Waals surface area (Å²) in [5.74, 6) is 0.762. The molecule has 3 heteroatoms. The van der Waals surface area contributed by atoms with Crippen LogP contribution in [0, 0.1) is 11.3 Å². The number of hydrogen-bond donors (Lipinski definition) is 0. The van der Waals surface area contributed by atoms with Crippen LogP contribution in [0.4, 0.5) is 5.69 Å². The Kier molecular flexibility index (Phi) is 6.49. The van der Waals surface area contributed by atoms with E-state index in [1.165, 1.54) is 11.1 Å². The van der Waals surface area contributed by atoms with Gasteiger partial charge in [-0.1, -0.05) is 60.7 Å². The SMILES string of the molecule is COc1cc(N(Cc2ccccc2)Cc2ccccc2)ccc1/C=C(/C)C#N. The van der Waals surface area contributed by atoms with E-state index in [4.69, 9.17) is 10.00 Å². The lowest BCUT2D eigenvalue weighted by atomic mass is 10.1. The molecule has 0 heterocycles. The first-order valence-corrected chi connectivity index (χ1v) is 9.29. The second kappa shape index (κ2) is 9.43. The van der Waals surface area contributed by atoms with Gasteiger partial charge in [0.2, 0.25) is 0 Å². The van der Waals surface area contributed by atoms with Gasteiger partial charge in [0.1, 0.15) is 5.75 Å². The van der Waals surface area contributed by atoms with Gasteiger partial charge in [-0.05, 0) is 36.3 Å². The van der Waals surface area contributed by atoms with Crippen molar-refractivity contribution < 1.29 is 4.74 Å². The molecule has 0 unspecified atom stereocenters. The molecule has 0 bridgehead atoms. The number of allylic oxidation sites excluding steroid dienone is 1. The van der Waals surface area contributed by atoms with Gasteiger partial charge in [0.25, 0.3) is 0 Å². The topological polar surface area (TPSA) is 36.3 Å². The van der Waals surface area contributed by atoms with Gasteiger partial charge in [-0.3, -0.25) is 0 Å². The highest BCUT2D eigenvalue weighted by Crippen LogP contribution is 2.29. The van der Waals surface area contributed by atoms with Crippen LogP contribution in [0.5, 0.6) is 5.75 Å². The predicted octanol–water partition coefficient (Wildman–Crippen LogP) is 5.83. The molecule has 0 amide bonds. The summed E-state index contributed by atoms with van der Waals surface area (Å²) in [6, 6.07) is 29.2. The second-order valence-corrected chi connectivity index (χ2v) is 6.69. The number of benzene rings is 3. The van der Waals surface area contributed by atoms with Crippen molar-refractivity contribution >= 4 is 11.8 Å². The third-order valence-corrected chi connectivity index (χ3v) is 4.56. The van der Waals surface area contributed by atoms with Crippen LogP contribution in [0.1, 0.15) is 23.6 Å². The zero-order valence-corrected chi connectivity index (χ0v) is 16.3. The molecule has 3 aromatic rings. The van der Waals surface area contributed by atoms with Crippen LogP contribution >= 0.6 is 0 Å². The number of hydrogen-bond acceptors (Lipinski definition) is 3. The molecule has 28 heavy (non-hydrogen) atoms. The Morgan fingerprint density at radius 1 is 0.929 bits per heavy atom. The van der Waals surface area contributed by atoms with Crippen molar-refractivity contribution in [2.24, 2.45) is 0 Å². The van der Waals surface area contributed by atoms with Crippen molar-refractivity contribution in [1.29, 1.82) is 5.26 Å². The number of methoxy groups -OCH3 is 1. The van der Waals surface area contributed by atoms with Crippen molar-refractivity contribution in [3.8, 4) is 11.8 Å². The van der Waals surface area contributed by atoms with E-state index >= 15 is 0 Å². The third kappa shape index (κ3) is 5.02. The summed E-state index contributed by atoms with van der Waals surface area (Å²) in [4.78, 5) is 2.33. The fraction of sp³-hybridized carbons (Fsp3) is 0.160. The van der Waals surface area contributed by atoms with Crippen molar-refractivity contribution in [1.82, 2.24) is 0 Å². The van der Waals surface area contributed by atoms with E-state index in [0.29, 0.717) is 5.57 Å². The molecule has 0 fully saturated rings. The molecule has 3 nitrogen and oxygen atoms in total. The second-order valence-electron chi connectivity index (χ2n) is 6.69. The van der Waals surface area contributed by atoms with E-state index in [1.807, 2.05) is 30.3 Å². The maximum atomic E-state index is 9.06. The largest absolute Gasteiger partial charge is 0.496 e. The Morgan fingerprint density at radius 2 is 1.50 bits per heavy atom. The van der Waals surface area contributed by atoms with Crippen LogP contribution in [0.2, 0.25) is 0 Å². The maximum Gasteiger partial charge on any atom is 0.128 e. The standard InChI is InChI=1S/C25H24N2O/c1-20(17-26)15-23-13-14-24(16-25(23)28-2)27(18-21-9-5-3-6-10-21)19-22-11-7-4-8-12-22/h3-16H,18-19H2,1-2H3/b20-15-. The van der Waals surface area contributed by atoms with Crippen molar-refractivity contribution in [3.63, 3.8) is 0 Å². The lowest BCUT2D eigenvalue weighted by molar-refractivity contribution is 0.414. The van der Waals surface area contributed by atoms with Crippen LogP contribution in [0.25, 0.3) is 6.08 Å². The quantitative estimate of drug-likeness (QED) is 0.492. The molecule has 0 atom stereocenters. The number of nitrogens with zero attached hydrogens (tertiary/aromatic N) is 2.